The summed E-state index contributed by atoms with van der Waals surface area (Å²) < 4.78 is 50.8. The first-order valence-corrected chi connectivity index (χ1v) is 10.9. The van der Waals surface area contributed by atoms with Crippen molar-refractivity contribution in [2.24, 2.45) is 0 Å². The molecule has 5 nitrogen and oxygen atoms in total. The highest BCUT2D eigenvalue weighted by molar-refractivity contribution is 14.1. The quantitative estimate of drug-likeness (QED) is 0.199. The third-order valence-electron chi connectivity index (χ3n) is 4.60. The fourth-order valence-corrected chi connectivity index (χ4v) is 3.76. The highest BCUT2D eigenvalue weighted by atomic mass is 127. The maximum atomic E-state index is 12.9. The van der Waals surface area contributed by atoms with Crippen molar-refractivity contribution in [3.63, 3.8) is 0 Å². The Labute approximate surface area is 208 Å². The molecule has 0 heterocycles. The van der Waals surface area contributed by atoms with E-state index in [-0.39, 0.29) is 11.3 Å². The fraction of sp³-hybridized carbons (Fsp3) is 0.120. The number of nitrogens with one attached hydrogen (secondary N) is 1. The van der Waals surface area contributed by atoms with Crippen molar-refractivity contribution < 1.29 is 27.4 Å². The summed E-state index contributed by atoms with van der Waals surface area (Å²) >= 11 is 2.06. The number of ether oxygens (including phenoxy) is 2. The monoisotopic (exact) mass is 578 g/mol. The second kappa shape index (κ2) is 11.1. The molecule has 0 atom stereocenters. The van der Waals surface area contributed by atoms with Crippen LogP contribution in [0.25, 0.3) is 6.08 Å². The van der Waals surface area contributed by atoms with Gasteiger partial charge in [0, 0.05) is 5.69 Å². The first-order valence-electron chi connectivity index (χ1n) is 9.86. The molecule has 174 valence electrons. The number of hydrogen-bond acceptors (Lipinski definition) is 4. The second-order valence-corrected chi connectivity index (χ2v) is 8.17. The largest absolute Gasteiger partial charge is 0.493 e. The number of nitriles is 1. The maximum absolute atomic E-state index is 12.9. The molecule has 0 radical (unpaired) electrons. The third kappa shape index (κ3) is 6.51. The predicted molar refractivity (Wildman–Crippen MR) is 130 cm³/mol. The molecule has 3 aromatic carbocycles. The van der Waals surface area contributed by atoms with Crippen LogP contribution in [0.4, 0.5) is 18.9 Å². The van der Waals surface area contributed by atoms with Gasteiger partial charge in [-0.2, -0.15) is 18.4 Å². The normalized spacial score (nSPS) is 11.5. The van der Waals surface area contributed by atoms with Crippen molar-refractivity contribution in [2.45, 2.75) is 12.8 Å². The Morgan fingerprint density at radius 3 is 2.50 bits per heavy atom. The van der Waals surface area contributed by atoms with Crippen molar-refractivity contribution in [3.05, 3.63) is 92.6 Å². The van der Waals surface area contributed by atoms with Crippen LogP contribution in [0.3, 0.4) is 0 Å². The van der Waals surface area contributed by atoms with E-state index in [0.717, 1.165) is 17.7 Å². The van der Waals surface area contributed by atoms with E-state index in [1.165, 1.54) is 25.3 Å². The third-order valence-corrected chi connectivity index (χ3v) is 5.40. The number of amides is 1. The van der Waals surface area contributed by atoms with Crippen LogP contribution in [0.5, 0.6) is 11.5 Å². The zero-order valence-electron chi connectivity index (χ0n) is 17.8. The van der Waals surface area contributed by atoms with Gasteiger partial charge in [0.1, 0.15) is 18.2 Å². The van der Waals surface area contributed by atoms with E-state index in [9.17, 15) is 23.2 Å². The van der Waals surface area contributed by atoms with Crippen LogP contribution in [0.15, 0.2) is 72.3 Å². The molecule has 1 N–H and O–H groups in total. The number of carbonyl (C=O) groups is 1. The van der Waals surface area contributed by atoms with Crippen LogP contribution >= 0.6 is 22.6 Å². The summed E-state index contributed by atoms with van der Waals surface area (Å²) in [6.07, 6.45) is -3.22. The SMILES string of the molecule is COc1cc(/C=C(\C#N)C(=O)Nc2cccc(C(F)(F)F)c2)cc(I)c1OCc1ccccc1. The van der Waals surface area contributed by atoms with Crippen molar-refractivity contribution >= 4 is 40.3 Å². The van der Waals surface area contributed by atoms with Gasteiger partial charge >= 0.3 is 6.18 Å². The maximum Gasteiger partial charge on any atom is 0.416 e. The number of methoxy groups -OCH3 is 1. The van der Waals surface area contributed by atoms with Crippen LogP contribution in [0, 0.1) is 14.9 Å². The molecule has 0 aromatic heterocycles. The average Bonchev–Trinajstić information content (AvgIpc) is 2.81. The Bertz CT molecular complexity index is 1250. The zero-order valence-corrected chi connectivity index (χ0v) is 20.0. The van der Waals surface area contributed by atoms with Gasteiger partial charge in [0.05, 0.1) is 16.2 Å². The van der Waals surface area contributed by atoms with E-state index < -0.39 is 17.6 Å². The molecule has 9 heteroatoms. The van der Waals surface area contributed by atoms with Crippen molar-refractivity contribution in [1.82, 2.24) is 0 Å². The summed E-state index contributed by atoms with van der Waals surface area (Å²) in [4.78, 5) is 12.5. The van der Waals surface area contributed by atoms with Crippen LogP contribution in [0.1, 0.15) is 16.7 Å². The van der Waals surface area contributed by atoms with Crippen molar-refractivity contribution in [3.8, 4) is 17.6 Å². The number of nitrogens with zero attached hydrogens (tertiary/aromatic N) is 1. The topological polar surface area (TPSA) is 71.3 Å². The second-order valence-electron chi connectivity index (χ2n) is 7.01. The standard InChI is InChI=1S/C25H18F3IN2O3/c1-33-22-12-17(11-21(29)23(22)34-15-16-6-3-2-4-7-16)10-18(14-30)24(32)31-20-9-5-8-19(13-20)25(26,27)28/h2-13H,15H2,1H3,(H,31,32)/b18-10+. The van der Waals surface area contributed by atoms with Gasteiger partial charge in [-0.05, 0) is 70.1 Å². The van der Waals surface area contributed by atoms with Gasteiger partial charge in [-0.25, -0.2) is 0 Å². The lowest BCUT2D eigenvalue weighted by Crippen LogP contribution is -2.14. The molecule has 0 aliphatic carbocycles. The van der Waals surface area contributed by atoms with Crippen LogP contribution in [0.2, 0.25) is 0 Å². The lowest BCUT2D eigenvalue weighted by Gasteiger charge is -2.14. The van der Waals surface area contributed by atoms with Gasteiger partial charge in [0.15, 0.2) is 11.5 Å². The molecule has 3 aromatic rings. The van der Waals surface area contributed by atoms with E-state index >= 15 is 0 Å². The summed E-state index contributed by atoms with van der Waals surface area (Å²) in [5, 5.41) is 11.8. The van der Waals surface area contributed by atoms with Crippen LogP contribution < -0.4 is 14.8 Å². The first kappa shape index (κ1) is 25.1. The Kier molecular flexibility index (Phi) is 8.17. The minimum absolute atomic E-state index is 0.0715. The average molecular weight is 578 g/mol. The van der Waals surface area contributed by atoms with E-state index in [1.807, 2.05) is 30.3 Å². The van der Waals surface area contributed by atoms with Crippen LogP contribution in [-0.2, 0) is 17.6 Å². The molecular formula is C25H18F3IN2O3. The molecule has 34 heavy (non-hydrogen) atoms. The molecule has 1 amide bonds. The smallest absolute Gasteiger partial charge is 0.416 e. The van der Waals surface area contributed by atoms with Gasteiger partial charge in [0.25, 0.3) is 5.91 Å². The lowest BCUT2D eigenvalue weighted by molar-refractivity contribution is -0.137. The molecule has 0 spiro atoms. The van der Waals surface area contributed by atoms with E-state index in [4.69, 9.17) is 9.47 Å². The van der Waals surface area contributed by atoms with Gasteiger partial charge in [-0.1, -0.05) is 36.4 Å². The zero-order chi connectivity index (χ0) is 24.7. The summed E-state index contributed by atoms with van der Waals surface area (Å²) in [6, 6.07) is 18.9. The molecular weight excluding hydrogens is 560 g/mol. The van der Waals surface area contributed by atoms with Crippen molar-refractivity contribution in [2.75, 3.05) is 12.4 Å². The number of anilines is 1. The molecule has 0 fully saturated rings. The molecule has 0 saturated carbocycles. The van der Waals surface area contributed by atoms with Gasteiger partial charge in [-0.15, -0.1) is 0 Å². The fourth-order valence-electron chi connectivity index (χ4n) is 2.98. The van der Waals surface area contributed by atoms with E-state index in [2.05, 4.69) is 27.9 Å². The summed E-state index contributed by atoms with van der Waals surface area (Å²) in [5.74, 6) is 0.0842. The minimum Gasteiger partial charge on any atom is -0.493 e. The highest BCUT2D eigenvalue weighted by Crippen LogP contribution is 2.35. The number of benzene rings is 3. The summed E-state index contributed by atoms with van der Waals surface area (Å²) in [6.45, 7) is 0.325. The molecule has 0 aliphatic rings. The molecule has 3 rings (SSSR count). The first-order chi connectivity index (χ1) is 16.2. The Morgan fingerprint density at radius 1 is 1.12 bits per heavy atom. The van der Waals surface area contributed by atoms with Gasteiger partial charge < -0.3 is 14.8 Å². The number of carbonyl (C=O) groups excluding carboxylic acids is 1. The molecule has 0 unspecified atom stereocenters. The van der Waals surface area contributed by atoms with E-state index in [0.29, 0.717) is 27.2 Å². The molecule has 0 saturated heterocycles. The highest BCUT2D eigenvalue weighted by Gasteiger charge is 2.30. The Hall–Kier alpha value is -3.52. The predicted octanol–water partition coefficient (Wildman–Crippen LogP) is 6.44. The number of hydrogen-bond donors (Lipinski definition) is 1. The summed E-state index contributed by atoms with van der Waals surface area (Å²) in [7, 11) is 1.47. The van der Waals surface area contributed by atoms with Crippen LogP contribution in [-0.4, -0.2) is 13.0 Å². The molecule has 0 aliphatic heterocycles. The number of rotatable bonds is 7. The Balaban J connectivity index is 1.82. The number of halogens is 4. The van der Waals surface area contributed by atoms with E-state index in [1.54, 1.807) is 18.2 Å². The lowest BCUT2D eigenvalue weighted by atomic mass is 10.1. The summed E-state index contributed by atoms with van der Waals surface area (Å²) in [5.41, 5.74) is 0.204. The van der Waals surface area contributed by atoms with Gasteiger partial charge in [-0.3, -0.25) is 4.79 Å². The van der Waals surface area contributed by atoms with Gasteiger partial charge in [0.2, 0.25) is 0 Å². The Morgan fingerprint density at radius 2 is 1.85 bits per heavy atom. The minimum atomic E-state index is -4.55. The number of alkyl halides is 3. The van der Waals surface area contributed by atoms with Crippen molar-refractivity contribution in [1.29, 1.82) is 5.26 Å². The molecule has 0 bridgehead atoms.